The van der Waals surface area contributed by atoms with E-state index < -0.39 is 10.8 Å². The molecule has 1 amide bonds. The molecule has 24 heavy (non-hydrogen) atoms. The highest BCUT2D eigenvalue weighted by atomic mass is 32.1. The molecule has 0 fully saturated rings. The number of thiazole rings is 1. The number of nitrogens with zero attached hydrogens (tertiary/aromatic N) is 2. The normalized spacial score (nSPS) is 10.8. The van der Waals surface area contributed by atoms with Crippen LogP contribution in [0.15, 0.2) is 30.3 Å². The third kappa shape index (κ3) is 2.74. The molecule has 3 aromatic rings. The van der Waals surface area contributed by atoms with Crippen LogP contribution in [-0.4, -0.2) is 15.8 Å². The second kappa shape index (κ2) is 6.01. The largest absolute Gasteiger partial charge is 0.298 e. The van der Waals surface area contributed by atoms with Crippen molar-refractivity contribution in [3.63, 3.8) is 0 Å². The third-order valence-electron chi connectivity index (χ3n) is 3.91. The van der Waals surface area contributed by atoms with Gasteiger partial charge in [-0.05, 0) is 38.0 Å². The van der Waals surface area contributed by atoms with E-state index in [4.69, 9.17) is 0 Å². The molecule has 0 unspecified atom stereocenters. The summed E-state index contributed by atoms with van der Waals surface area (Å²) in [5, 5.41) is 14.3. The second-order valence-corrected chi connectivity index (χ2v) is 6.56. The van der Waals surface area contributed by atoms with Crippen molar-refractivity contribution in [2.24, 2.45) is 0 Å². The average molecular weight is 341 g/mol. The molecular weight excluding hydrogens is 326 g/mol. The van der Waals surface area contributed by atoms with E-state index in [0.29, 0.717) is 10.7 Å². The molecule has 0 atom stereocenters. The first kappa shape index (κ1) is 16.1. The Kier molecular flexibility index (Phi) is 4.02. The zero-order chi connectivity index (χ0) is 17.4. The number of hydrogen-bond donors (Lipinski definition) is 1. The predicted molar refractivity (Wildman–Crippen MR) is 94.9 cm³/mol. The number of amides is 1. The SMILES string of the molecule is Cc1c(C(=O)Nc2nc3c(C)ccc(C)c3s2)cccc1[N+](=O)[O-]. The van der Waals surface area contributed by atoms with E-state index in [1.165, 1.54) is 23.5 Å². The third-order valence-corrected chi connectivity index (χ3v) is 5.02. The Morgan fingerprint density at radius 1 is 1.17 bits per heavy atom. The molecule has 2 aromatic carbocycles. The Hall–Kier alpha value is -2.80. The van der Waals surface area contributed by atoms with Crippen LogP contribution in [0.25, 0.3) is 10.2 Å². The quantitative estimate of drug-likeness (QED) is 0.566. The van der Waals surface area contributed by atoms with Crippen LogP contribution in [0.2, 0.25) is 0 Å². The highest BCUT2D eigenvalue weighted by molar-refractivity contribution is 7.22. The number of aromatic nitrogens is 1. The molecule has 0 spiro atoms. The Bertz CT molecular complexity index is 940. The number of benzene rings is 2. The Morgan fingerprint density at radius 2 is 1.88 bits per heavy atom. The summed E-state index contributed by atoms with van der Waals surface area (Å²) < 4.78 is 1.03. The topological polar surface area (TPSA) is 85.1 Å². The smallest absolute Gasteiger partial charge is 0.273 e. The number of nitro benzene ring substituents is 1. The fourth-order valence-corrected chi connectivity index (χ4v) is 3.55. The number of carbonyl (C=O) groups is 1. The molecule has 0 aliphatic carbocycles. The van der Waals surface area contributed by atoms with Crippen LogP contribution in [0.3, 0.4) is 0 Å². The van der Waals surface area contributed by atoms with Crippen molar-refractivity contribution in [1.82, 2.24) is 4.98 Å². The van der Waals surface area contributed by atoms with E-state index in [-0.39, 0.29) is 11.3 Å². The first-order chi connectivity index (χ1) is 11.4. The number of hydrogen-bond acceptors (Lipinski definition) is 5. The number of nitro groups is 1. The van der Waals surface area contributed by atoms with Crippen LogP contribution >= 0.6 is 11.3 Å². The summed E-state index contributed by atoms with van der Waals surface area (Å²) in [7, 11) is 0. The van der Waals surface area contributed by atoms with Gasteiger partial charge in [0.05, 0.1) is 15.1 Å². The molecule has 0 aliphatic heterocycles. The maximum absolute atomic E-state index is 12.5. The summed E-state index contributed by atoms with van der Waals surface area (Å²) in [6.07, 6.45) is 0. The number of rotatable bonds is 3. The standard InChI is InChI=1S/C17H15N3O3S/c1-9-7-8-10(2)15-14(9)18-17(24-15)19-16(21)12-5-4-6-13(11(12)3)20(22)23/h4-8H,1-3H3,(H,18,19,21). The number of anilines is 1. The van der Waals surface area contributed by atoms with Crippen LogP contribution in [0.4, 0.5) is 10.8 Å². The van der Waals surface area contributed by atoms with E-state index in [1.54, 1.807) is 13.0 Å². The minimum Gasteiger partial charge on any atom is -0.298 e. The Morgan fingerprint density at radius 3 is 2.54 bits per heavy atom. The van der Waals surface area contributed by atoms with E-state index in [1.807, 2.05) is 26.0 Å². The highest BCUT2D eigenvalue weighted by Gasteiger charge is 2.19. The minimum atomic E-state index is -0.490. The molecule has 1 N–H and O–H groups in total. The summed E-state index contributed by atoms with van der Waals surface area (Å²) in [6.45, 7) is 5.54. The fraction of sp³-hybridized carbons (Fsp3) is 0.176. The zero-order valence-electron chi connectivity index (χ0n) is 13.4. The summed E-state index contributed by atoms with van der Waals surface area (Å²) >= 11 is 1.40. The van der Waals surface area contributed by atoms with E-state index in [2.05, 4.69) is 10.3 Å². The van der Waals surface area contributed by atoms with Gasteiger partial charge in [-0.15, -0.1) is 0 Å². The van der Waals surface area contributed by atoms with Crippen molar-refractivity contribution >= 4 is 38.3 Å². The van der Waals surface area contributed by atoms with E-state index >= 15 is 0 Å². The van der Waals surface area contributed by atoms with Crippen molar-refractivity contribution in [2.75, 3.05) is 5.32 Å². The monoisotopic (exact) mass is 341 g/mol. The molecule has 3 rings (SSSR count). The lowest BCUT2D eigenvalue weighted by Crippen LogP contribution is -2.13. The molecule has 122 valence electrons. The van der Waals surface area contributed by atoms with Gasteiger partial charge in [0.25, 0.3) is 11.6 Å². The first-order valence-electron chi connectivity index (χ1n) is 7.30. The van der Waals surface area contributed by atoms with Crippen molar-refractivity contribution in [2.45, 2.75) is 20.8 Å². The van der Waals surface area contributed by atoms with Gasteiger partial charge in [-0.25, -0.2) is 4.98 Å². The zero-order valence-corrected chi connectivity index (χ0v) is 14.2. The lowest BCUT2D eigenvalue weighted by Gasteiger charge is -2.05. The lowest BCUT2D eigenvalue weighted by atomic mass is 10.1. The van der Waals surface area contributed by atoms with Gasteiger partial charge in [-0.1, -0.05) is 29.5 Å². The molecule has 0 bridgehead atoms. The van der Waals surface area contributed by atoms with Gasteiger partial charge < -0.3 is 0 Å². The molecule has 0 saturated heterocycles. The van der Waals surface area contributed by atoms with Crippen LogP contribution in [-0.2, 0) is 0 Å². The van der Waals surface area contributed by atoms with Crippen LogP contribution in [0.1, 0.15) is 27.0 Å². The maximum atomic E-state index is 12.5. The number of aryl methyl sites for hydroxylation is 2. The van der Waals surface area contributed by atoms with E-state index in [0.717, 1.165) is 21.3 Å². The summed E-state index contributed by atoms with van der Waals surface area (Å²) in [5.41, 5.74) is 3.55. The number of nitrogens with one attached hydrogen (secondary N) is 1. The molecule has 1 heterocycles. The van der Waals surface area contributed by atoms with Crippen molar-refractivity contribution in [3.05, 3.63) is 62.7 Å². The number of carbonyl (C=O) groups excluding carboxylic acids is 1. The van der Waals surface area contributed by atoms with Crippen molar-refractivity contribution in [1.29, 1.82) is 0 Å². The average Bonchev–Trinajstić information content (AvgIpc) is 2.96. The molecule has 0 saturated carbocycles. The summed E-state index contributed by atoms with van der Waals surface area (Å²) in [5.74, 6) is -0.398. The molecular formula is C17H15N3O3S. The minimum absolute atomic E-state index is 0.0707. The van der Waals surface area contributed by atoms with Gasteiger partial charge in [0.1, 0.15) is 0 Å². The van der Waals surface area contributed by atoms with Crippen LogP contribution < -0.4 is 5.32 Å². The van der Waals surface area contributed by atoms with Crippen molar-refractivity contribution < 1.29 is 9.72 Å². The van der Waals surface area contributed by atoms with Gasteiger partial charge in [-0.2, -0.15) is 0 Å². The molecule has 1 aromatic heterocycles. The second-order valence-electron chi connectivity index (χ2n) is 5.56. The van der Waals surface area contributed by atoms with Crippen LogP contribution in [0, 0.1) is 30.9 Å². The summed E-state index contributed by atoms with van der Waals surface area (Å²) in [4.78, 5) is 27.5. The van der Waals surface area contributed by atoms with Gasteiger partial charge in [0, 0.05) is 17.2 Å². The highest BCUT2D eigenvalue weighted by Crippen LogP contribution is 2.31. The van der Waals surface area contributed by atoms with Gasteiger partial charge in [0.15, 0.2) is 5.13 Å². The van der Waals surface area contributed by atoms with Gasteiger partial charge >= 0.3 is 0 Å². The predicted octanol–water partition coefficient (Wildman–Crippen LogP) is 4.38. The lowest BCUT2D eigenvalue weighted by molar-refractivity contribution is -0.385. The van der Waals surface area contributed by atoms with Crippen molar-refractivity contribution in [3.8, 4) is 0 Å². The molecule has 0 radical (unpaired) electrons. The Balaban J connectivity index is 1.96. The maximum Gasteiger partial charge on any atom is 0.273 e. The van der Waals surface area contributed by atoms with Gasteiger partial charge in [-0.3, -0.25) is 20.2 Å². The first-order valence-corrected chi connectivity index (χ1v) is 8.12. The Labute approximate surface area is 142 Å². The van der Waals surface area contributed by atoms with E-state index in [9.17, 15) is 14.9 Å². The van der Waals surface area contributed by atoms with Crippen LogP contribution in [0.5, 0.6) is 0 Å². The molecule has 6 nitrogen and oxygen atoms in total. The summed E-state index contributed by atoms with van der Waals surface area (Å²) in [6, 6.07) is 8.48. The molecule has 7 heteroatoms. The molecule has 0 aliphatic rings. The van der Waals surface area contributed by atoms with Gasteiger partial charge in [0.2, 0.25) is 0 Å². The number of fused-ring (bicyclic) bond motifs is 1. The fourth-order valence-electron chi connectivity index (χ4n) is 2.54.